The van der Waals surface area contributed by atoms with E-state index in [4.69, 9.17) is 5.11 Å². The number of rotatable bonds is 6. The maximum Gasteiger partial charge on any atom is 0.320 e. The number of hydrogen-bond acceptors (Lipinski definition) is 3. The van der Waals surface area contributed by atoms with Gasteiger partial charge in [-0.2, -0.15) is 0 Å². The molecule has 0 saturated heterocycles. The molecular formula is C15H21NO3. The number of carbonyl (C=O) groups excluding carboxylic acids is 1. The summed E-state index contributed by atoms with van der Waals surface area (Å²) < 4.78 is 0. The topological polar surface area (TPSA) is 66.4 Å². The van der Waals surface area contributed by atoms with Crippen molar-refractivity contribution >= 4 is 11.8 Å². The van der Waals surface area contributed by atoms with E-state index in [0.29, 0.717) is 12.0 Å². The third kappa shape index (κ3) is 3.89. The highest BCUT2D eigenvalue weighted by molar-refractivity contribution is 6.00. The first-order chi connectivity index (χ1) is 8.86. The Hall–Kier alpha value is -1.68. The first-order valence-electron chi connectivity index (χ1n) is 6.47. The van der Waals surface area contributed by atoms with Crippen LogP contribution in [0.1, 0.15) is 41.8 Å². The van der Waals surface area contributed by atoms with Crippen LogP contribution < -0.4 is 5.32 Å². The van der Waals surface area contributed by atoms with Crippen molar-refractivity contribution in [3.63, 3.8) is 0 Å². The molecule has 0 spiro atoms. The molecule has 0 amide bonds. The van der Waals surface area contributed by atoms with Crippen LogP contribution in [0, 0.1) is 13.8 Å². The molecule has 1 aromatic rings. The number of nitrogens with one attached hydrogen (secondary N) is 1. The van der Waals surface area contributed by atoms with E-state index in [1.54, 1.807) is 19.9 Å². The maximum absolute atomic E-state index is 12.2. The lowest BCUT2D eigenvalue weighted by molar-refractivity contribution is -0.139. The Morgan fingerprint density at radius 3 is 2.37 bits per heavy atom. The summed E-state index contributed by atoms with van der Waals surface area (Å²) in [4.78, 5) is 23.2. The summed E-state index contributed by atoms with van der Waals surface area (Å²) in [5.41, 5.74) is 2.81. The van der Waals surface area contributed by atoms with Crippen LogP contribution in [-0.4, -0.2) is 28.9 Å². The largest absolute Gasteiger partial charge is 0.480 e. The monoisotopic (exact) mass is 263 g/mol. The molecule has 19 heavy (non-hydrogen) atoms. The van der Waals surface area contributed by atoms with Gasteiger partial charge in [0.25, 0.3) is 0 Å². The SMILES string of the molecule is CCC(NC(C)C(=O)c1ccc(C)c(C)c1)C(=O)O. The third-order valence-corrected chi connectivity index (χ3v) is 3.34. The minimum Gasteiger partial charge on any atom is -0.480 e. The fraction of sp³-hybridized carbons (Fsp3) is 0.467. The quantitative estimate of drug-likeness (QED) is 0.773. The van der Waals surface area contributed by atoms with Gasteiger partial charge in [-0.05, 0) is 44.4 Å². The minimum absolute atomic E-state index is 0.0807. The predicted molar refractivity (Wildman–Crippen MR) is 74.6 cm³/mol. The zero-order valence-corrected chi connectivity index (χ0v) is 11.9. The molecule has 0 aromatic heterocycles. The van der Waals surface area contributed by atoms with Crippen molar-refractivity contribution in [2.75, 3.05) is 0 Å². The number of aryl methyl sites for hydroxylation is 2. The molecule has 4 nitrogen and oxygen atoms in total. The highest BCUT2D eigenvalue weighted by Crippen LogP contribution is 2.12. The Morgan fingerprint density at radius 2 is 1.89 bits per heavy atom. The average Bonchev–Trinajstić information content (AvgIpc) is 2.37. The molecule has 0 radical (unpaired) electrons. The molecule has 0 aliphatic heterocycles. The standard InChI is InChI=1S/C15H21NO3/c1-5-13(15(18)19)16-11(4)14(17)12-7-6-9(2)10(3)8-12/h6-8,11,13,16H,5H2,1-4H3,(H,18,19). The van der Waals surface area contributed by atoms with Gasteiger partial charge in [0.15, 0.2) is 5.78 Å². The molecule has 104 valence electrons. The van der Waals surface area contributed by atoms with E-state index in [-0.39, 0.29) is 5.78 Å². The molecule has 0 fully saturated rings. The van der Waals surface area contributed by atoms with E-state index in [1.165, 1.54) is 0 Å². The zero-order valence-electron chi connectivity index (χ0n) is 11.9. The number of hydrogen-bond donors (Lipinski definition) is 2. The second kappa shape index (κ2) is 6.48. The van der Waals surface area contributed by atoms with Gasteiger partial charge >= 0.3 is 5.97 Å². The number of aliphatic carboxylic acids is 1. The van der Waals surface area contributed by atoms with E-state index in [2.05, 4.69) is 5.32 Å². The fourth-order valence-corrected chi connectivity index (χ4v) is 1.89. The van der Waals surface area contributed by atoms with Crippen LogP contribution in [0.2, 0.25) is 0 Å². The summed E-state index contributed by atoms with van der Waals surface area (Å²) in [7, 11) is 0. The number of carboxylic acid groups (broad SMARTS) is 1. The minimum atomic E-state index is -0.928. The van der Waals surface area contributed by atoms with Gasteiger partial charge in [-0.3, -0.25) is 14.9 Å². The second-order valence-electron chi connectivity index (χ2n) is 4.85. The highest BCUT2D eigenvalue weighted by atomic mass is 16.4. The van der Waals surface area contributed by atoms with Crippen molar-refractivity contribution < 1.29 is 14.7 Å². The summed E-state index contributed by atoms with van der Waals surface area (Å²) in [6.45, 7) is 7.42. The Kier molecular flexibility index (Phi) is 5.24. The van der Waals surface area contributed by atoms with Gasteiger partial charge in [0, 0.05) is 5.56 Å². The smallest absolute Gasteiger partial charge is 0.320 e. The summed E-state index contributed by atoms with van der Waals surface area (Å²) >= 11 is 0. The Balaban J connectivity index is 2.81. The van der Waals surface area contributed by atoms with Crippen molar-refractivity contribution in [1.82, 2.24) is 5.32 Å². The van der Waals surface area contributed by atoms with Crippen molar-refractivity contribution in [2.24, 2.45) is 0 Å². The summed E-state index contributed by atoms with van der Waals surface area (Å²) in [6, 6.07) is 4.33. The van der Waals surface area contributed by atoms with Crippen LogP contribution in [0.15, 0.2) is 18.2 Å². The van der Waals surface area contributed by atoms with Gasteiger partial charge in [-0.15, -0.1) is 0 Å². The van der Waals surface area contributed by atoms with E-state index in [1.807, 2.05) is 26.0 Å². The van der Waals surface area contributed by atoms with Crippen LogP contribution >= 0.6 is 0 Å². The normalized spacial score (nSPS) is 13.9. The van der Waals surface area contributed by atoms with Gasteiger partial charge in [0.1, 0.15) is 6.04 Å². The number of carboxylic acids is 1. The molecule has 1 aromatic carbocycles. The lowest BCUT2D eigenvalue weighted by atomic mass is 10.00. The Bertz CT molecular complexity index is 482. The Morgan fingerprint density at radius 1 is 1.26 bits per heavy atom. The van der Waals surface area contributed by atoms with Gasteiger partial charge in [-0.25, -0.2) is 0 Å². The molecule has 0 saturated carbocycles. The molecule has 1 rings (SSSR count). The molecule has 4 heteroatoms. The molecule has 2 N–H and O–H groups in total. The Labute approximate surface area is 113 Å². The van der Waals surface area contributed by atoms with Crippen molar-refractivity contribution in [2.45, 2.75) is 46.2 Å². The maximum atomic E-state index is 12.2. The molecule has 0 bridgehead atoms. The van der Waals surface area contributed by atoms with Crippen LogP contribution in [0.25, 0.3) is 0 Å². The molecule has 0 aliphatic carbocycles. The van der Waals surface area contributed by atoms with E-state index >= 15 is 0 Å². The van der Waals surface area contributed by atoms with Crippen LogP contribution in [0.4, 0.5) is 0 Å². The zero-order chi connectivity index (χ0) is 14.6. The van der Waals surface area contributed by atoms with E-state index in [0.717, 1.165) is 11.1 Å². The molecule has 0 aliphatic rings. The molecule has 2 atom stereocenters. The summed E-state index contributed by atoms with van der Waals surface area (Å²) in [5, 5.41) is 11.8. The van der Waals surface area contributed by atoms with E-state index < -0.39 is 18.1 Å². The lowest BCUT2D eigenvalue weighted by Crippen LogP contribution is -2.45. The highest BCUT2D eigenvalue weighted by Gasteiger charge is 2.22. The number of Topliss-reactive ketones (excluding diaryl/α,β-unsaturated/α-hetero) is 1. The first-order valence-corrected chi connectivity index (χ1v) is 6.47. The first kappa shape index (κ1) is 15.4. The van der Waals surface area contributed by atoms with Gasteiger partial charge in [-0.1, -0.05) is 19.1 Å². The fourth-order valence-electron chi connectivity index (χ4n) is 1.89. The van der Waals surface area contributed by atoms with Crippen LogP contribution in [0.5, 0.6) is 0 Å². The summed E-state index contributed by atoms with van der Waals surface area (Å²) in [6.07, 6.45) is 0.444. The number of ketones is 1. The molecule has 2 unspecified atom stereocenters. The summed E-state index contributed by atoms with van der Waals surface area (Å²) in [5.74, 6) is -1.01. The predicted octanol–water partition coefficient (Wildman–Crippen LogP) is 2.33. The molecule has 0 heterocycles. The van der Waals surface area contributed by atoms with Gasteiger partial charge < -0.3 is 5.11 Å². The number of benzene rings is 1. The second-order valence-corrected chi connectivity index (χ2v) is 4.85. The molecular weight excluding hydrogens is 242 g/mol. The average molecular weight is 263 g/mol. The third-order valence-electron chi connectivity index (χ3n) is 3.34. The number of carbonyl (C=O) groups is 2. The van der Waals surface area contributed by atoms with Gasteiger partial charge in [0.2, 0.25) is 0 Å². The lowest BCUT2D eigenvalue weighted by Gasteiger charge is -2.18. The van der Waals surface area contributed by atoms with Crippen LogP contribution in [0.3, 0.4) is 0 Å². The van der Waals surface area contributed by atoms with E-state index in [9.17, 15) is 9.59 Å². The van der Waals surface area contributed by atoms with Crippen molar-refractivity contribution in [3.8, 4) is 0 Å². The van der Waals surface area contributed by atoms with Crippen LogP contribution in [-0.2, 0) is 4.79 Å². The van der Waals surface area contributed by atoms with Crippen molar-refractivity contribution in [1.29, 1.82) is 0 Å². The van der Waals surface area contributed by atoms with Gasteiger partial charge in [0.05, 0.1) is 6.04 Å². The van der Waals surface area contributed by atoms with Crippen molar-refractivity contribution in [3.05, 3.63) is 34.9 Å².